The maximum Gasteiger partial charge on any atom is 0.317 e. The Hall–Kier alpha value is -2.84. The third-order valence-corrected chi connectivity index (χ3v) is 7.60. The fraction of sp³-hybridized carbons (Fsp3) is 0.389. The van der Waals surface area contributed by atoms with Crippen molar-refractivity contribution in [3.05, 3.63) is 35.9 Å². The third kappa shape index (κ3) is 2.21. The van der Waals surface area contributed by atoms with Gasteiger partial charge < -0.3 is 4.98 Å². The smallest absolute Gasteiger partial charge is 0.317 e. The van der Waals surface area contributed by atoms with Crippen molar-refractivity contribution in [1.82, 2.24) is 24.1 Å². The highest BCUT2D eigenvalue weighted by molar-refractivity contribution is 7.89. The van der Waals surface area contributed by atoms with Crippen LogP contribution in [-0.2, 0) is 21.5 Å². The van der Waals surface area contributed by atoms with Gasteiger partial charge in [0.2, 0.25) is 10.0 Å². The monoisotopic (exact) mass is 418 g/mol. The van der Waals surface area contributed by atoms with E-state index in [4.69, 9.17) is 0 Å². The first-order valence-corrected chi connectivity index (χ1v) is 10.6. The van der Waals surface area contributed by atoms with Gasteiger partial charge in [-0.3, -0.25) is 4.68 Å². The lowest BCUT2D eigenvalue weighted by molar-refractivity contribution is 0.00756. The fourth-order valence-corrected chi connectivity index (χ4v) is 5.56. The van der Waals surface area contributed by atoms with E-state index >= 15 is 8.78 Å². The summed E-state index contributed by atoms with van der Waals surface area (Å²) in [6, 6.07) is 3.67. The summed E-state index contributed by atoms with van der Waals surface area (Å²) in [5.41, 5.74) is -0.429. The number of aromatic nitrogens is 4. The number of hydrogen-bond donors (Lipinski definition) is 1. The highest BCUT2D eigenvalue weighted by Gasteiger charge is 2.55. The minimum atomic E-state index is -3.48. The Balaban J connectivity index is 1.70. The summed E-state index contributed by atoms with van der Waals surface area (Å²) in [7, 11) is -3.48. The van der Waals surface area contributed by atoms with Crippen LogP contribution in [0.25, 0.3) is 22.2 Å². The highest BCUT2D eigenvalue weighted by Crippen LogP contribution is 2.52. The lowest BCUT2D eigenvalue weighted by Gasteiger charge is -2.49. The molecule has 0 aromatic carbocycles. The molecule has 11 heteroatoms. The van der Waals surface area contributed by atoms with Crippen LogP contribution in [0.1, 0.15) is 24.6 Å². The van der Waals surface area contributed by atoms with Gasteiger partial charge in [0, 0.05) is 36.4 Å². The number of pyridine rings is 1. The summed E-state index contributed by atoms with van der Waals surface area (Å²) in [5, 5.41) is 13.9. The van der Waals surface area contributed by atoms with Gasteiger partial charge in [0.1, 0.15) is 16.9 Å². The second-order valence-corrected chi connectivity index (χ2v) is 9.66. The fourth-order valence-electron chi connectivity index (χ4n) is 4.32. The maximum absolute atomic E-state index is 15.6. The number of nitrogens with zero attached hydrogens (tertiary/aromatic N) is 5. The molecular formula is C18H16F2N6O2S. The molecule has 0 radical (unpaired) electrons. The van der Waals surface area contributed by atoms with E-state index in [-0.39, 0.29) is 42.1 Å². The molecular weight excluding hydrogens is 402 g/mol. The molecule has 29 heavy (non-hydrogen) atoms. The van der Waals surface area contributed by atoms with Gasteiger partial charge in [-0.1, -0.05) is 0 Å². The molecule has 1 N–H and O–H groups in total. The number of rotatable bonds is 4. The normalized spacial score (nSPS) is 19.5. The van der Waals surface area contributed by atoms with Crippen LogP contribution in [0.3, 0.4) is 0 Å². The summed E-state index contributed by atoms with van der Waals surface area (Å²) < 4.78 is 57.9. The lowest BCUT2D eigenvalue weighted by atomic mass is 9.85. The molecule has 1 aliphatic heterocycles. The summed E-state index contributed by atoms with van der Waals surface area (Å²) in [5.74, 6) is -3.46. The molecule has 0 unspecified atom stereocenters. The molecule has 8 nitrogen and oxygen atoms in total. The van der Waals surface area contributed by atoms with E-state index in [1.807, 2.05) is 6.07 Å². The van der Waals surface area contributed by atoms with Gasteiger partial charge in [0.15, 0.2) is 0 Å². The molecule has 0 amide bonds. The number of nitriles is 1. The van der Waals surface area contributed by atoms with Gasteiger partial charge >= 0.3 is 5.92 Å². The van der Waals surface area contributed by atoms with Crippen molar-refractivity contribution < 1.29 is 17.2 Å². The Labute approximate surface area is 164 Å². The van der Waals surface area contributed by atoms with Crippen LogP contribution in [0.5, 0.6) is 0 Å². The van der Waals surface area contributed by atoms with Crippen molar-refractivity contribution in [1.29, 1.82) is 5.26 Å². The van der Waals surface area contributed by atoms with Gasteiger partial charge in [-0.05, 0) is 18.6 Å². The Bertz CT molecular complexity index is 1300. The number of alkyl halides is 2. The Morgan fingerprint density at radius 1 is 1.34 bits per heavy atom. The quantitative estimate of drug-likeness (QED) is 0.699. The van der Waals surface area contributed by atoms with Crippen LogP contribution in [-0.4, -0.2) is 51.3 Å². The number of nitrogens with one attached hydrogen (secondary N) is 1. The van der Waals surface area contributed by atoms with Crippen molar-refractivity contribution in [2.45, 2.75) is 24.8 Å². The van der Waals surface area contributed by atoms with Gasteiger partial charge in [-0.15, -0.1) is 0 Å². The van der Waals surface area contributed by atoms with Crippen LogP contribution >= 0.6 is 0 Å². The molecule has 3 aromatic rings. The number of aromatic amines is 1. The van der Waals surface area contributed by atoms with E-state index in [2.05, 4.69) is 15.1 Å². The second kappa shape index (κ2) is 5.61. The van der Waals surface area contributed by atoms with Gasteiger partial charge in [0.25, 0.3) is 0 Å². The van der Waals surface area contributed by atoms with Gasteiger partial charge in [-0.2, -0.15) is 23.4 Å². The van der Waals surface area contributed by atoms with Crippen LogP contribution in [0.4, 0.5) is 8.78 Å². The first-order chi connectivity index (χ1) is 13.7. The van der Waals surface area contributed by atoms with Crippen molar-refractivity contribution in [2.75, 3.05) is 18.8 Å². The van der Waals surface area contributed by atoms with Gasteiger partial charge in [-0.25, -0.2) is 13.4 Å². The van der Waals surface area contributed by atoms with Crippen LogP contribution in [0.2, 0.25) is 0 Å². The molecule has 0 atom stereocenters. The van der Waals surface area contributed by atoms with Gasteiger partial charge in [0.05, 0.1) is 30.0 Å². The first-order valence-electron chi connectivity index (χ1n) is 9.04. The molecule has 5 rings (SSSR count). The molecule has 0 spiro atoms. The molecule has 3 aromatic heterocycles. The molecule has 1 aliphatic carbocycles. The Morgan fingerprint density at radius 2 is 2.10 bits per heavy atom. The Morgan fingerprint density at radius 3 is 2.79 bits per heavy atom. The first kappa shape index (κ1) is 18.2. The van der Waals surface area contributed by atoms with Crippen molar-refractivity contribution in [3.63, 3.8) is 0 Å². The maximum atomic E-state index is 15.6. The largest absolute Gasteiger partial charge is 0.346 e. The number of halogens is 2. The average Bonchev–Trinajstić information content (AvgIpc) is 3.29. The van der Waals surface area contributed by atoms with Crippen LogP contribution in [0.15, 0.2) is 24.7 Å². The van der Waals surface area contributed by atoms with E-state index in [0.717, 1.165) is 0 Å². The summed E-state index contributed by atoms with van der Waals surface area (Å²) in [6.45, 7) is 1.39. The van der Waals surface area contributed by atoms with E-state index in [0.29, 0.717) is 16.6 Å². The zero-order valence-corrected chi connectivity index (χ0v) is 16.2. The number of H-pyrrole nitrogens is 1. The van der Waals surface area contributed by atoms with E-state index in [9.17, 15) is 13.7 Å². The highest BCUT2D eigenvalue weighted by atomic mass is 32.2. The van der Waals surface area contributed by atoms with Crippen LogP contribution < -0.4 is 0 Å². The van der Waals surface area contributed by atoms with E-state index in [1.165, 1.54) is 34.5 Å². The lowest BCUT2D eigenvalue weighted by Crippen LogP contribution is -2.65. The second-order valence-electron chi connectivity index (χ2n) is 7.41. The zero-order valence-electron chi connectivity index (χ0n) is 15.4. The Kier molecular flexibility index (Phi) is 3.52. The van der Waals surface area contributed by atoms with Crippen LogP contribution in [0, 0.1) is 11.3 Å². The molecule has 1 saturated heterocycles. The summed E-state index contributed by atoms with van der Waals surface area (Å²) in [6.07, 6.45) is 4.02. The van der Waals surface area contributed by atoms with Crippen molar-refractivity contribution in [2.24, 2.45) is 0 Å². The van der Waals surface area contributed by atoms with Crippen molar-refractivity contribution >= 4 is 21.1 Å². The summed E-state index contributed by atoms with van der Waals surface area (Å²) in [4.78, 5) is 6.89. The topological polar surface area (TPSA) is 108 Å². The number of fused-ring (bicyclic) bond motifs is 2. The molecule has 0 saturated carbocycles. The number of sulfonamides is 1. The molecule has 4 heterocycles. The molecule has 150 valence electrons. The minimum Gasteiger partial charge on any atom is -0.346 e. The molecule has 0 bridgehead atoms. The SMILES string of the molecule is CCS(=O)(=O)N1CC(CC#N)(n2ncc3c2C(F)(F)c2c[nH]c4nccc-3c24)C1. The predicted octanol–water partition coefficient (Wildman–Crippen LogP) is 2.15. The van der Waals surface area contributed by atoms with Crippen molar-refractivity contribution in [3.8, 4) is 17.2 Å². The third-order valence-electron chi connectivity index (χ3n) is 5.83. The number of hydrogen-bond acceptors (Lipinski definition) is 5. The standard InChI is InChI=1S/C18H16F2N6O2S/c1-2-29(27,28)25-9-17(10-25,4-5-21)26-15-12(7-24-26)11-3-6-22-16-14(11)13(8-23-16)18(15,19)20/h3,6-8H,2,4,9-10H2,1H3,(H,22,23). The van der Waals surface area contributed by atoms with E-state index in [1.54, 1.807) is 6.07 Å². The molecule has 1 fully saturated rings. The summed E-state index contributed by atoms with van der Waals surface area (Å²) >= 11 is 0. The molecule has 2 aliphatic rings. The minimum absolute atomic E-state index is 0.0628. The zero-order chi connectivity index (χ0) is 20.6. The average molecular weight is 418 g/mol. The predicted molar refractivity (Wildman–Crippen MR) is 99.5 cm³/mol. The van der Waals surface area contributed by atoms with E-state index < -0.39 is 21.5 Å².